The molecule has 0 aliphatic carbocycles. The topological polar surface area (TPSA) is 38.3 Å². The van der Waals surface area contributed by atoms with E-state index in [0.29, 0.717) is 6.54 Å². The van der Waals surface area contributed by atoms with E-state index >= 15 is 0 Å². The largest absolute Gasteiger partial charge is 0.468 e. The summed E-state index contributed by atoms with van der Waals surface area (Å²) in [5.74, 6) is -0.594. The summed E-state index contributed by atoms with van der Waals surface area (Å²) >= 11 is 3.21. The quantitative estimate of drug-likeness (QED) is 0.670. The van der Waals surface area contributed by atoms with Crippen molar-refractivity contribution in [1.29, 1.82) is 0 Å². The average molecular weight is 304 g/mol. The van der Waals surface area contributed by atoms with E-state index in [1.807, 2.05) is 13.0 Å². The van der Waals surface area contributed by atoms with Crippen molar-refractivity contribution in [2.24, 2.45) is 0 Å². The molecule has 0 fully saturated rings. The number of esters is 1. The van der Waals surface area contributed by atoms with Crippen LogP contribution in [0.4, 0.5) is 4.39 Å². The summed E-state index contributed by atoms with van der Waals surface area (Å²) in [5.41, 5.74) is 0.842. The van der Waals surface area contributed by atoms with Crippen molar-refractivity contribution in [3.05, 3.63) is 35.6 Å². The number of carbonyl (C=O) groups excluding carboxylic acids is 1. The van der Waals surface area contributed by atoms with Crippen LogP contribution in [0.5, 0.6) is 0 Å². The average Bonchev–Trinajstić information content (AvgIpc) is 2.34. The number of ether oxygens (including phenoxy) is 1. The van der Waals surface area contributed by atoms with Crippen LogP contribution in [-0.4, -0.2) is 24.5 Å². The number of carbonyl (C=O) groups is 1. The van der Waals surface area contributed by atoms with Crippen LogP contribution in [0.3, 0.4) is 0 Å². The Hall–Kier alpha value is -0.940. The minimum absolute atomic E-state index is 0.0320. The highest BCUT2D eigenvalue weighted by molar-refractivity contribution is 9.10. The zero-order valence-electron chi connectivity index (χ0n) is 9.74. The molecular weight excluding hydrogens is 289 g/mol. The lowest BCUT2D eigenvalue weighted by Crippen LogP contribution is -2.31. The molecule has 1 rings (SSSR count). The normalized spacial score (nSPS) is 14.1. The molecule has 94 valence electrons. The van der Waals surface area contributed by atoms with Gasteiger partial charge in [0.05, 0.1) is 7.11 Å². The van der Waals surface area contributed by atoms with Gasteiger partial charge in [0.15, 0.2) is 0 Å². The number of halogens is 2. The van der Waals surface area contributed by atoms with E-state index in [1.165, 1.54) is 19.2 Å². The first-order chi connectivity index (χ1) is 8.04. The van der Waals surface area contributed by atoms with Gasteiger partial charge in [0.2, 0.25) is 0 Å². The number of methoxy groups -OCH3 is 1. The summed E-state index contributed by atoms with van der Waals surface area (Å²) in [4.78, 5) is 10.7. The van der Waals surface area contributed by atoms with Crippen LogP contribution >= 0.6 is 15.9 Å². The van der Waals surface area contributed by atoms with E-state index in [-0.39, 0.29) is 17.8 Å². The molecule has 5 heteroatoms. The van der Waals surface area contributed by atoms with Gasteiger partial charge < -0.3 is 10.1 Å². The minimum atomic E-state index is -0.400. The number of hydrogen-bond donors (Lipinski definition) is 1. The molecule has 3 nitrogen and oxygen atoms in total. The van der Waals surface area contributed by atoms with E-state index in [0.717, 1.165) is 5.56 Å². The lowest BCUT2D eigenvalue weighted by Gasteiger charge is -2.16. The molecule has 2 atom stereocenters. The summed E-state index contributed by atoms with van der Waals surface area (Å²) in [6, 6.07) is 6.34. The fourth-order valence-corrected chi connectivity index (χ4v) is 1.76. The van der Waals surface area contributed by atoms with E-state index in [4.69, 9.17) is 0 Å². The highest BCUT2D eigenvalue weighted by Crippen LogP contribution is 2.14. The van der Waals surface area contributed by atoms with Crippen molar-refractivity contribution in [1.82, 2.24) is 5.32 Å². The summed E-state index contributed by atoms with van der Waals surface area (Å²) in [5, 5.41) is 3.13. The number of alkyl halides is 1. The highest BCUT2D eigenvalue weighted by atomic mass is 79.9. The summed E-state index contributed by atoms with van der Waals surface area (Å²) in [7, 11) is 1.34. The summed E-state index contributed by atoms with van der Waals surface area (Å²) in [6.07, 6.45) is 0. The van der Waals surface area contributed by atoms with Gasteiger partial charge in [-0.25, -0.2) is 4.39 Å². The molecule has 0 saturated carbocycles. The van der Waals surface area contributed by atoms with Crippen LogP contribution in [0, 0.1) is 5.82 Å². The van der Waals surface area contributed by atoms with Crippen molar-refractivity contribution in [2.75, 3.05) is 13.7 Å². The SMILES string of the molecule is COC(=O)C(Br)CN[C@H](C)c1cccc(F)c1. The maximum absolute atomic E-state index is 13.0. The van der Waals surface area contributed by atoms with E-state index < -0.39 is 4.83 Å². The summed E-state index contributed by atoms with van der Waals surface area (Å²) in [6.45, 7) is 2.33. The first kappa shape index (κ1) is 14.1. The molecule has 0 radical (unpaired) electrons. The van der Waals surface area contributed by atoms with Crippen LogP contribution in [0.2, 0.25) is 0 Å². The van der Waals surface area contributed by atoms with E-state index in [1.54, 1.807) is 6.07 Å². The van der Waals surface area contributed by atoms with E-state index in [9.17, 15) is 9.18 Å². The Morgan fingerprint density at radius 3 is 2.88 bits per heavy atom. The Morgan fingerprint density at radius 2 is 2.29 bits per heavy atom. The van der Waals surface area contributed by atoms with Crippen LogP contribution in [0.25, 0.3) is 0 Å². The maximum atomic E-state index is 13.0. The third-order valence-corrected chi connectivity index (χ3v) is 3.11. The number of nitrogens with one attached hydrogen (secondary N) is 1. The molecule has 0 heterocycles. The zero-order chi connectivity index (χ0) is 12.8. The Bertz CT molecular complexity index is 387. The van der Waals surface area contributed by atoms with Gasteiger partial charge in [-0.15, -0.1) is 0 Å². The van der Waals surface area contributed by atoms with Crippen LogP contribution in [-0.2, 0) is 9.53 Å². The fourth-order valence-electron chi connectivity index (χ4n) is 1.39. The highest BCUT2D eigenvalue weighted by Gasteiger charge is 2.16. The Labute approximate surface area is 108 Å². The molecule has 0 aromatic heterocycles. The molecule has 1 aromatic carbocycles. The van der Waals surface area contributed by atoms with Gasteiger partial charge in [-0.2, -0.15) is 0 Å². The maximum Gasteiger partial charge on any atom is 0.320 e. The molecule has 0 bridgehead atoms. The van der Waals surface area contributed by atoms with Crippen LogP contribution in [0.1, 0.15) is 18.5 Å². The predicted octanol–water partition coefficient (Wildman–Crippen LogP) is 2.41. The van der Waals surface area contributed by atoms with Gasteiger partial charge in [0, 0.05) is 12.6 Å². The lowest BCUT2D eigenvalue weighted by atomic mass is 10.1. The molecule has 1 aromatic rings. The van der Waals surface area contributed by atoms with Crippen LogP contribution in [0.15, 0.2) is 24.3 Å². The van der Waals surface area contributed by atoms with Gasteiger partial charge in [0.25, 0.3) is 0 Å². The summed E-state index contributed by atoms with van der Waals surface area (Å²) < 4.78 is 17.6. The molecule has 0 spiro atoms. The fraction of sp³-hybridized carbons (Fsp3) is 0.417. The zero-order valence-corrected chi connectivity index (χ0v) is 11.3. The van der Waals surface area contributed by atoms with Crippen LogP contribution < -0.4 is 5.32 Å². The molecule has 17 heavy (non-hydrogen) atoms. The van der Waals surface area contributed by atoms with Crippen molar-refractivity contribution < 1.29 is 13.9 Å². The lowest BCUT2D eigenvalue weighted by molar-refractivity contribution is -0.139. The third-order valence-electron chi connectivity index (χ3n) is 2.41. The number of rotatable bonds is 5. The molecule has 0 saturated heterocycles. The molecular formula is C12H15BrFNO2. The van der Waals surface area contributed by atoms with Gasteiger partial charge >= 0.3 is 5.97 Å². The predicted molar refractivity (Wildman–Crippen MR) is 67.5 cm³/mol. The van der Waals surface area contributed by atoms with Gasteiger partial charge in [-0.1, -0.05) is 28.1 Å². The second-order valence-corrected chi connectivity index (χ2v) is 4.78. The second-order valence-electron chi connectivity index (χ2n) is 3.68. The minimum Gasteiger partial charge on any atom is -0.468 e. The first-order valence-corrected chi connectivity index (χ1v) is 6.17. The number of hydrogen-bond acceptors (Lipinski definition) is 3. The Kier molecular flexibility index (Phi) is 5.58. The smallest absolute Gasteiger partial charge is 0.320 e. The molecule has 0 aliphatic rings. The van der Waals surface area contributed by atoms with Gasteiger partial charge in [-0.3, -0.25) is 4.79 Å². The first-order valence-electron chi connectivity index (χ1n) is 5.25. The monoisotopic (exact) mass is 303 g/mol. The molecule has 0 amide bonds. The molecule has 1 N–H and O–H groups in total. The molecule has 0 aliphatic heterocycles. The second kappa shape index (κ2) is 6.71. The van der Waals surface area contributed by atoms with Gasteiger partial charge in [0.1, 0.15) is 10.6 Å². The van der Waals surface area contributed by atoms with Gasteiger partial charge in [-0.05, 0) is 24.6 Å². The Balaban J connectivity index is 2.50. The van der Waals surface area contributed by atoms with Crippen molar-refractivity contribution >= 4 is 21.9 Å². The number of benzene rings is 1. The standard InChI is InChI=1S/C12H15BrFNO2/c1-8(9-4-3-5-10(14)6-9)15-7-11(13)12(16)17-2/h3-6,8,11,15H,7H2,1-2H3/t8-,11?/m1/s1. The van der Waals surface area contributed by atoms with E-state index in [2.05, 4.69) is 26.0 Å². The third kappa shape index (κ3) is 4.44. The van der Waals surface area contributed by atoms with Crippen molar-refractivity contribution in [3.8, 4) is 0 Å². The Morgan fingerprint density at radius 1 is 1.59 bits per heavy atom. The van der Waals surface area contributed by atoms with Crippen molar-refractivity contribution in [2.45, 2.75) is 17.8 Å². The molecule has 1 unspecified atom stereocenters. The van der Waals surface area contributed by atoms with Crippen molar-refractivity contribution in [3.63, 3.8) is 0 Å².